The maximum absolute atomic E-state index is 11.5. The van der Waals surface area contributed by atoms with Gasteiger partial charge in [0.15, 0.2) is 0 Å². The molecule has 4 heteroatoms. The van der Waals surface area contributed by atoms with Gasteiger partial charge in [0.2, 0.25) is 0 Å². The van der Waals surface area contributed by atoms with Gasteiger partial charge in [-0.15, -0.1) is 0 Å². The third kappa shape index (κ3) is 3.74. The fraction of sp³-hybridized carbons (Fsp3) is 0.500. The topological polar surface area (TPSA) is 55.8 Å². The molecule has 0 aliphatic carbocycles. The summed E-state index contributed by atoms with van der Waals surface area (Å²) in [5.74, 6) is -2.15. The van der Waals surface area contributed by atoms with Gasteiger partial charge in [-0.05, 0) is 25.5 Å². The second kappa shape index (κ2) is 7.01. The van der Waals surface area contributed by atoms with Crippen molar-refractivity contribution in [3.05, 3.63) is 30.3 Å². The predicted octanol–water partition coefficient (Wildman–Crippen LogP) is 3.07. The number of unbranched alkanes of at least 4 members (excludes halogenated alkanes) is 1. The van der Waals surface area contributed by atoms with Crippen molar-refractivity contribution in [2.24, 2.45) is 0 Å². The van der Waals surface area contributed by atoms with Gasteiger partial charge in [-0.2, -0.15) is 0 Å². The van der Waals surface area contributed by atoms with Crippen LogP contribution in [0.3, 0.4) is 0 Å². The van der Waals surface area contributed by atoms with Crippen molar-refractivity contribution >= 4 is 5.97 Å². The van der Waals surface area contributed by atoms with Gasteiger partial charge in [0.1, 0.15) is 5.75 Å². The van der Waals surface area contributed by atoms with E-state index in [1.54, 1.807) is 31.2 Å². The van der Waals surface area contributed by atoms with Crippen molar-refractivity contribution in [3.8, 4) is 5.75 Å². The zero-order chi connectivity index (χ0) is 13.4. The highest BCUT2D eigenvalue weighted by Gasteiger charge is 2.41. The third-order valence-corrected chi connectivity index (χ3v) is 2.59. The highest BCUT2D eigenvalue weighted by Crippen LogP contribution is 2.25. The lowest BCUT2D eigenvalue weighted by Crippen LogP contribution is -2.47. The van der Waals surface area contributed by atoms with Crippen LogP contribution in [0.1, 0.15) is 33.1 Å². The molecule has 0 heterocycles. The zero-order valence-electron chi connectivity index (χ0n) is 10.9. The molecule has 0 saturated carbocycles. The summed E-state index contributed by atoms with van der Waals surface area (Å²) in [5, 5.41) is 9.39. The number of para-hydroxylation sites is 1. The lowest BCUT2D eigenvalue weighted by molar-refractivity contribution is -0.213. The predicted molar refractivity (Wildman–Crippen MR) is 68.6 cm³/mol. The first-order valence-corrected chi connectivity index (χ1v) is 6.26. The van der Waals surface area contributed by atoms with Crippen LogP contribution < -0.4 is 4.74 Å². The van der Waals surface area contributed by atoms with E-state index in [4.69, 9.17) is 9.47 Å². The van der Waals surface area contributed by atoms with Gasteiger partial charge in [-0.3, -0.25) is 0 Å². The molecule has 18 heavy (non-hydrogen) atoms. The average molecular weight is 252 g/mol. The van der Waals surface area contributed by atoms with E-state index in [2.05, 4.69) is 0 Å². The third-order valence-electron chi connectivity index (χ3n) is 2.59. The number of ether oxygens (including phenoxy) is 2. The van der Waals surface area contributed by atoms with E-state index >= 15 is 0 Å². The van der Waals surface area contributed by atoms with Gasteiger partial charge in [0.25, 0.3) is 0 Å². The molecule has 1 aromatic carbocycles. The summed E-state index contributed by atoms with van der Waals surface area (Å²) >= 11 is 0. The van der Waals surface area contributed by atoms with Gasteiger partial charge < -0.3 is 14.6 Å². The molecule has 1 rings (SSSR count). The van der Waals surface area contributed by atoms with Crippen molar-refractivity contribution in [2.75, 3.05) is 6.61 Å². The molecule has 0 bridgehead atoms. The molecule has 0 radical (unpaired) electrons. The first kappa shape index (κ1) is 14.5. The minimum atomic E-state index is -1.58. The molecular formula is C14H20O4. The molecule has 1 N–H and O–H groups in total. The molecule has 0 aliphatic rings. The summed E-state index contributed by atoms with van der Waals surface area (Å²) in [6.45, 7) is 4.06. The highest BCUT2D eigenvalue weighted by molar-refractivity contribution is 5.76. The summed E-state index contributed by atoms with van der Waals surface area (Å²) in [7, 11) is 0. The van der Waals surface area contributed by atoms with Crippen molar-refractivity contribution in [3.63, 3.8) is 0 Å². The SMILES string of the molecule is CCCCC(OCC)(Oc1ccccc1)C(=O)O. The molecule has 1 atom stereocenters. The van der Waals surface area contributed by atoms with E-state index in [1.807, 2.05) is 13.0 Å². The Labute approximate surface area is 108 Å². The quantitative estimate of drug-likeness (QED) is 0.722. The van der Waals surface area contributed by atoms with Crippen molar-refractivity contribution < 1.29 is 19.4 Å². The van der Waals surface area contributed by atoms with Gasteiger partial charge in [0.05, 0.1) is 0 Å². The first-order valence-electron chi connectivity index (χ1n) is 6.26. The monoisotopic (exact) mass is 252 g/mol. The van der Waals surface area contributed by atoms with Crippen LogP contribution in [0.15, 0.2) is 30.3 Å². The molecule has 0 fully saturated rings. The summed E-state index contributed by atoms with van der Waals surface area (Å²) < 4.78 is 11.0. The summed E-state index contributed by atoms with van der Waals surface area (Å²) in [6, 6.07) is 8.90. The van der Waals surface area contributed by atoms with E-state index in [1.165, 1.54) is 0 Å². The van der Waals surface area contributed by atoms with Crippen molar-refractivity contribution in [2.45, 2.75) is 38.9 Å². The van der Waals surface area contributed by atoms with Crippen LogP contribution in [0, 0.1) is 0 Å². The van der Waals surface area contributed by atoms with Crippen LogP contribution in [0.4, 0.5) is 0 Å². The normalized spacial score (nSPS) is 13.9. The largest absolute Gasteiger partial charge is 0.476 e. The Hall–Kier alpha value is -1.55. The number of rotatable bonds is 8. The van der Waals surface area contributed by atoms with Gasteiger partial charge >= 0.3 is 11.8 Å². The molecule has 1 unspecified atom stereocenters. The number of hydrogen-bond donors (Lipinski definition) is 1. The van der Waals surface area contributed by atoms with Gasteiger partial charge in [-0.25, -0.2) is 4.79 Å². The van der Waals surface area contributed by atoms with E-state index in [-0.39, 0.29) is 0 Å². The lowest BCUT2D eigenvalue weighted by Gasteiger charge is -2.29. The molecule has 0 amide bonds. The van der Waals surface area contributed by atoms with Crippen LogP contribution >= 0.6 is 0 Å². The van der Waals surface area contributed by atoms with Crippen molar-refractivity contribution in [1.29, 1.82) is 0 Å². The van der Waals surface area contributed by atoms with E-state index in [0.29, 0.717) is 18.8 Å². The fourth-order valence-corrected chi connectivity index (χ4v) is 1.69. The van der Waals surface area contributed by atoms with E-state index < -0.39 is 11.8 Å². The lowest BCUT2D eigenvalue weighted by atomic mass is 10.1. The molecule has 4 nitrogen and oxygen atoms in total. The summed E-state index contributed by atoms with van der Waals surface area (Å²) in [5.41, 5.74) is 0. The Bertz CT molecular complexity index is 363. The Balaban J connectivity index is 2.90. The molecule has 100 valence electrons. The smallest absolute Gasteiger partial charge is 0.377 e. The average Bonchev–Trinajstić information content (AvgIpc) is 2.37. The van der Waals surface area contributed by atoms with Crippen LogP contribution in [0.25, 0.3) is 0 Å². The van der Waals surface area contributed by atoms with Crippen LogP contribution in [-0.4, -0.2) is 23.5 Å². The zero-order valence-corrected chi connectivity index (χ0v) is 10.9. The molecule has 0 spiro atoms. The maximum Gasteiger partial charge on any atom is 0.377 e. The standard InChI is InChI=1S/C14H20O4/c1-3-5-11-14(13(15)16,17-4-2)18-12-9-7-6-8-10-12/h6-10H,3-5,11H2,1-2H3,(H,15,16). The van der Waals surface area contributed by atoms with Gasteiger partial charge in [0, 0.05) is 13.0 Å². The minimum absolute atomic E-state index is 0.294. The van der Waals surface area contributed by atoms with Crippen LogP contribution in [-0.2, 0) is 9.53 Å². The van der Waals surface area contributed by atoms with Gasteiger partial charge in [-0.1, -0.05) is 31.5 Å². The second-order valence-corrected chi connectivity index (χ2v) is 4.01. The second-order valence-electron chi connectivity index (χ2n) is 4.01. The summed E-state index contributed by atoms with van der Waals surface area (Å²) in [4.78, 5) is 11.5. The minimum Gasteiger partial charge on any atom is -0.476 e. The maximum atomic E-state index is 11.5. The number of aliphatic carboxylic acids is 1. The molecule has 0 aromatic heterocycles. The summed E-state index contributed by atoms with van der Waals surface area (Å²) in [6.07, 6.45) is 1.96. The number of carboxylic acid groups (broad SMARTS) is 1. The van der Waals surface area contributed by atoms with E-state index in [0.717, 1.165) is 12.8 Å². The van der Waals surface area contributed by atoms with Crippen LogP contribution in [0.2, 0.25) is 0 Å². The fourth-order valence-electron chi connectivity index (χ4n) is 1.69. The van der Waals surface area contributed by atoms with Crippen LogP contribution in [0.5, 0.6) is 5.75 Å². The molecule has 1 aromatic rings. The number of hydrogen-bond acceptors (Lipinski definition) is 3. The Morgan fingerprint density at radius 3 is 2.44 bits per heavy atom. The number of benzene rings is 1. The highest BCUT2D eigenvalue weighted by atomic mass is 16.7. The van der Waals surface area contributed by atoms with E-state index in [9.17, 15) is 9.90 Å². The Kier molecular flexibility index (Phi) is 5.65. The molecular weight excluding hydrogens is 232 g/mol. The molecule has 0 aliphatic heterocycles. The Morgan fingerprint density at radius 2 is 1.94 bits per heavy atom. The number of carbonyl (C=O) groups is 1. The Morgan fingerprint density at radius 1 is 1.28 bits per heavy atom. The van der Waals surface area contributed by atoms with Crippen molar-refractivity contribution in [1.82, 2.24) is 0 Å². The molecule has 0 saturated heterocycles. The first-order chi connectivity index (χ1) is 8.64. The number of carboxylic acids is 1.